The van der Waals surface area contributed by atoms with E-state index in [2.05, 4.69) is 20.5 Å². The van der Waals surface area contributed by atoms with Crippen LogP contribution >= 0.6 is 0 Å². The van der Waals surface area contributed by atoms with Crippen LogP contribution in [0.5, 0.6) is 0 Å². The molecule has 2 rings (SSSR count). The van der Waals surface area contributed by atoms with Gasteiger partial charge in [0.2, 0.25) is 11.6 Å². The molecule has 0 aliphatic heterocycles. The Hall–Kier alpha value is -2.12. The highest BCUT2D eigenvalue weighted by Crippen LogP contribution is 2.23. The second-order valence-electron chi connectivity index (χ2n) is 3.96. The molecular formula is C11H10F4N4. The molecule has 0 radical (unpaired) electrons. The van der Waals surface area contributed by atoms with Crippen LogP contribution < -0.4 is 5.32 Å². The van der Waals surface area contributed by atoms with E-state index in [1.165, 1.54) is 0 Å². The number of aromatic nitrogens is 3. The van der Waals surface area contributed by atoms with Crippen molar-refractivity contribution < 1.29 is 17.6 Å². The summed E-state index contributed by atoms with van der Waals surface area (Å²) in [5.41, 5.74) is 1.10. The Morgan fingerprint density at radius 1 is 1.05 bits per heavy atom. The van der Waals surface area contributed by atoms with Crippen LogP contribution in [0.25, 0.3) is 0 Å². The lowest BCUT2D eigenvalue weighted by Gasteiger charge is -2.09. The molecule has 0 fully saturated rings. The van der Waals surface area contributed by atoms with E-state index < -0.39 is 29.2 Å². The molecule has 0 atom stereocenters. The number of hydrogen-bond donors (Lipinski definition) is 2. The third-order valence-electron chi connectivity index (χ3n) is 2.72. The molecule has 0 saturated carbocycles. The largest absolute Gasteiger partial charge is 0.376 e. The summed E-state index contributed by atoms with van der Waals surface area (Å²) in [6.07, 6.45) is 0. The Morgan fingerprint density at radius 2 is 1.63 bits per heavy atom. The molecule has 0 spiro atoms. The number of rotatable bonds is 3. The van der Waals surface area contributed by atoms with Crippen LogP contribution in [0.2, 0.25) is 0 Å². The van der Waals surface area contributed by atoms with Crippen LogP contribution in [0, 0.1) is 37.4 Å². The van der Waals surface area contributed by atoms with Gasteiger partial charge in [0, 0.05) is 17.8 Å². The van der Waals surface area contributed by atoms with E-state index in [0.717, 1.165) is 0 Å². The Labute approximate surface area is 105 Å². The van der Waals surface area contributed by atoms with Gasteiger partial charge in [0.25, 0.3) is 11.9 Å². The van der Waals surface area contributed by atoms with Gasteiger partial charge < -0.3 is 5.32 Å². The second-order valence-corrected chi connectivity index (χ2v) is 3.96. The lowest BCUT2D eigenvalue weighted by Crippen LogP contribution is -2.10. The molecule has 2 aromatic heterocycles. The summed E-state index contributed by atoms with van der Waals surface area (Å²) < 4.78 is 52.5. The number of hydrogen-bond acceptors (Lipinski definition) is 3. The Balaban J connectivity index is 2.30. The van der Waals surface area contributed by atoms with Crippen molar-refractivity contribution in [2.45, 2.75) is 20.4 Å². The molecular weight excluding hydrogens is 264 g/mol. The molecule has 102 valence electrons. The van der Waals surface area contributed by atoms with Crippen LogP contribution in [0.4, 0.5) is 23.2 Å². The summed E-state index contributed by atoms with van der Waals surface area (Å²) >= 11 is 0. The van der Waals surface area contributed by atoms with E-state index >= 15 is 0 Å². The Kier molecular flexibility index (Phi) is 3.41. The normalized spacial score (nSPS) is 10.8. The summed E-state index contributed by atoms with van der Waals surface area (Å²) in [6.45, 7) is 3.39. The van der Waals surface area contributed by atoms with E-state index in [1.54, 1.807) is 13.8 Å². The Bertz CT molecular complexity index is 578. The maximum atomic E-state index is 13.3. The first-order valence-electron chi connectivity index (χ1n) is 5.36. The third-order valence-corrected chi connectivity index (χ3v) is 2.72. The van der Waals surface area contributed by atoms with Crippen molar-refractivity contribution in [3.8, 4) is 0 Å². The maximum absolute atomic E-state index is 13.3. The molecule has 0 aliphatic carbocycles. The first-order chi connectivity index (χ1) is 8.91. The standard InChI is InChI=1S/C11H10F4N4/c1-4-6(5(2)19-18-4)3-16-9-7(12)10(14)17-11(15)8(9)13/h3H2,1-2H3,(H,16,17)(H,18,19). The third kappa shape index (κ3) is 2.38. The summed E-state index contributed by atoms with van der Waals surface area (Å²) in [5.74, 6) is -6.50. The zero-order valence-electron chi connectivity index (χ0n) is 10.1. The van der Waals surface area contributed by atoms with Crippen LogP contribution in [-0.2, 0) is 6.54 Å². The van der Waals surface area contributed by atoms with Crippen molar-refractivity contribution in [2.75, 3.05) is 5.32 Å². The first-order valence-corrected chi connectivity index (χ1v) is 5.36. The number of aromatic amines is 1. The Morgan fingerprint density at radius 3 is 2.11 bits per heavy atom. The lowest BCUT2D eigenvalue weighted by atomic mass is 10.2. The highest BCUT2D eigenvalue weighted by molar-refractivity contribution is 5.46. The van der Waals surface area contributed by atoms with Gasteiger partial charge in [-0.1, -0.05) is 0 Å². The van der Waals surface area contributed by atoms with Gasteiger partial charge in [0.1, 0.15) is 5.69 Å². The number of nitrogens with one attached hydrogen (secondary N) is 2. The van der Waals surface area contributed by atoms with Crippen LogP contribution in [0.3, 0.4) is 0 Å². The molecule has 0 aliphatic rings. The van der Waals surface area contributed by atoms with Gasteiger partial charge in [-0.15, -0.1) is 0 Å². The molecule has 0 bridgehead atoms. The van der Waals surface area contributed by atoms with Crippen molar-refractivity contribution in [3.63, 3.8) is 0 Å². The maximum Gasteiger partial charge on any atom is 0.253 e. The number of anilines is 1. The highest BCUT2D eigenvalue weighted by atomic mass is 19.2. The minimum atomic E-state index is -1.69. The first kappa shape index (κ1) is 13.3. The van der Waals surface area contributed by atoms with Gasteiger partial charge in [-0.2, -0.15) is 27.6 Å². The molecule has 0 amide bonds. The van der Waals surface area contributed by atoms with Gasteiger partial charge in [-0.05, 0) is 13.8 Å². The predicted octanol–water partition coefficient (Wildman–Crippen LogP) is 2.59. The molecule has 0 unspecified atom stereocenters. The fourth-order valence-corrected chi connectivity index (χ4v) is 1.65. The number of H-pyrrole nitrogens is 1. The number of aryl methyl sites for hydroxylation is 2. The average molecular weight is 274 g/mol. The molecule has 8 heteroatoms. The lowest BCUT2D eigenvalue weighted by molar-refractivity contribution is 0.410. The molecule has 2 heterocycles. The monoisotopic (exact) mass is 274 g/mol. The number of halogens is 4. The molecule has 0 saturated heterocycles. The molecule has 2 aromatic rings. The average Bonchev–Trinajstić information content (AvgIpc) is 2.67. The molecule has 2 N–H and O–H groups in total. The molecule has 4 nitrogen and oxygen atoms in total. The topological polar surface area (TPSA) is 53.6 Å². The summed E-state index contributed by atoms with van der Waals surface area (Å²) in [6, 6.07) is 0. The highest BCUT2D eigenvalue weighted by Gasteiger charge is 2.21. The fraction of sp³-hybridized carbons (Fsp3) is 0.273. The fourth-order valence-electron chi connectivity index (χ4n) is 1.65. The minimum Gasteiger partial charge on any atom is -0.376 e. The van der Waals surface area contributed by atoms with E-state index in [9.17, 15) is 17.6 Å². The summed E-state index contributed by atoms with van der Waals surface area (Å²) in [4.78, 5) is 2.47. The second kappa shape index (κ2) is 4.87. The summed E-state index contributed by atoms with van der Waals surface area (Å²) in [7, 11) is 0. The van der Waals surface area contributed by atoms with E-state index in [0.29, 0.717) is 17.0 Å². The van der Waals surface area contributed by atoms with Gasteiger partial charge in [0.15, 0.2) is 0 Å². The van der Waals surface area contributed by atoms with E-state index in [1.807, 2.05) is 0 Å². The van der Waals surface area contributed by atoms with Crippen LogP contribution in [0.1, 0.15) is 17.0 Å². The van der Waals surface area contributed by atoms with Gasteiger partial charge in [-0.25, -0.2) is 0 Å². The number of pyridine rings is 1. The minimum absolute atomic E-state index is 0.0229. The zero-order valence-corrected chi connectivity index (χ0v) is 10.1. The zero-order chi connectivity index (χ0) is 14.2. The van der Waals surface area contributed by atoms with Gasteiger partial charge in [-0.3, -0.25) is 5.10 Å². The van der Waals surface area contributed by atoms with Crippen molar-refractivity contribution in [2.24, 2.45) is 0 Å². The van der Waals surface area contributed by atoms with E-state index in [4.69, 9.17) is 0 Å². The molecule has 0 aromatic carbocycles. The van der Waals surface area contributed by atoms with Crippen LogP contribution in [-0.4, -0.2) is 15.2 Å². The van der Waals surface area contributed by atoms with Crippen molar-refractivity contribution in [1.82, 2.24) is 15.2 Å². The number of nitrogens with zero attached hydrogens (tertiary/aromatic N) is 2. The SMILES string of the molecule is Cc1n[nH]c(C)c1CNc1c(F)c(F)nc(F)c1F. The van der Waals surface area contributed by atoms with Crippen molar-refractivity contribution >= 4 is 5.69 Å². The quantitative estimate of drug-likeness (QED) is 0.668. The smallest absolute Gasteiger partial charge is 0.253 e. The van der Waals surface area contributed by atoms with E-state index in [-0.39, 0.29) is 6.54 Å². The predicted molar refractivity (Wildman–Crippen MR) is 59.5 cm³/mol. The van der Waals surface area contributed by atoms with Gasteiger partial charge >= 0.3 is 0 Å². The summed E-state index contributed by atoms with van der Waals surface area (Å²) in [5, 5.41) is 8.90. The van der Waals surface area contributed by atoms with Crippen molar-refractivity contribution in [3.05, 3.63) is 40.5 Å². The van der Waals surface area contributed by atoms with Gasteiger partial charge in [0.05, 0.1) is 5.69 Å². The van der Waals surface area contributed by atoms with Crippen LogP contribution in [0.15, 0.2) is 0 Å². The van der Waals surface area contributed by atoms with Crippen molar-refractivity contribution in [1.29, 1.82) is 0 Å². The molecule has 19 heavy (non-hydrogen) atoms.